The van der Waals surface area contributed by atoms with Crippen molar-refractivity contribution in [2.75, 3.05) is 31.1 Å². The van der Waals surface area contributed by atoms with Crippen molar-refractivity contribution in [2.45, 2.75) is 26.3 Å². The second kappa shape index (κ2) is 9.16. The second-order valence-electron chi connectivity index (χ2n) is 8.16. The first kappa shape index (κ1) is 20.2. The third-order valence-corrected chi connectivity index (χ3v) is 7.12. The van der Waals surface area contributed by atoms with Gasteiger partial charge in [0.05, 0.1) is 5.39 Å². The molecule has 158 valence electrons. The molecule has 2 aromatic heterocycles. The topological polar surface area (TPSA) is 32.3 Å². The number of hydrogen-bond acceptors (Lipinski definition) is 5. The Labute approximate surface area is 188 Å². The number of fused-ring (bicyclic) bond motifs is 1. The lowest BCUT2D eigenvalue weighted by molar-refractivity contribution is 0.249. The van der Waals surface area contributed by atoms with E-state index in [0.29, 0.717) is 0 Å². The SMILES string of the molecule is CCc1cc2c(N3CCN(Cc4ccccc4)CC3)nc(Cc3ccccc3)nc2s1. The van der Waals surface area contributed by atoms with Gasteiger partial charge in [0.2, 0.25) is 0 Å². The molecule has 5 rings (SSSR count). The van der Waals surface area contributed by atoms with Gasteiger partial charge in [0, 0.05) is 44.0 Å². The fourth-order valence-electron chi connectivity index (χ4n) is 4.23. The Balaban J connectivity index is 1.38. The van der Waals surface area contributed by atoms with E-state index in [1.807, 2.05) is 11.3 Å². The Morgan fingerprint density at radius 2 is 1.52 bits per heavy atom. The molecule has 0 atom stereocenters. The molecule has 0 saturated carbocycles. The molecule has 1 aliphatic rings. The molecule has 0 N–H and O–H groups in total. The van der Waals surface area contributed by atoms with Gasteiger partial charge in [-0.05, 0) is 23.6 Å². The number of anilines is 1. The molecule has 1 saturated heterocycles. The summed E-state index contributed by atoms with van der Waals surface area (Å²) in [6.07, 6.45) is 1.82. The normalized spacial score (nSPS) is 14.9. The largest absolute Gasteiger partial charge is 0.353 e. The van der Waals surface area contributed by atoms with Crippen LogP contribution >= 0.6 is 11.3 Å². The molecule has 0 spiro atoms. The van der Waals surface area contributed by atoms with Gasteiger partial charge in [-0.3, -0.25) is 4.90 Å². The summed E-state index contributed by atoms with van der Waals surface area (Å²) in [6, 6.07) is 23.6. The summed E-state index contributed by atoms with van der Waals surface area (Å²) < 4.78 is 0. The van der Waals surface area contributed by atoms with Crippen LogP contribution in [0.4, 0.5) is 5.82 Å². The van der Waals surface area contributed by atoms with Gasteiger partial charge in [-0.25, -0.2) is 9.97 Å². The molecule has 1 aliphatic heterocycles. The van der Waals surface area contributed by atoms with E-state index in [9.17, 15) is 0 Å². The Hall–Kier alpha value is -2.76. The molecule has 31 heavy (non-hydrogen) atoms. The van der Waals surface area contributed by atoms with E-state index >= 15 is 0 Å². The fraction of sp³-hybridized carbons (Fsp3) is 0.308. The maximum Gasteiger partial charge on any atom is 0.141 e. The molecule has 0 bridgehead atoms. The van der Waals surface area contributed by atoms with Gasteiger partial charge in [-0.1, -0.05) is 67.6 Å². The molecule has 0 unspecified atom stereocenters. The number of piperazine rings is 1. The molecular weight excluding hydrogens is 400 g/mol. The van der Waals surface area contributed by atoms with Crippen molar-refractivity contribution in [1.29, 1.82) is 0 Å². The Morgan fingerprint density at radius 3 is 2.19 bits per heavy atom. The monoisotopic (exact) mass is 428 g/mol. The smallest absolute Gasteiger partial charge is 0.141 e. The van der Waals surface area contributed by atoms with Crippen molar-refractivity contribution < 1.29 is 0 Å². The second-order valence-corrected chi connectivity index (χ2v) is 9.27. The highest BCUT2D eigenvalue weighted by atomic mass is 32.1. The Kier molecular flexibility index (Phi) is 5.96. The third-order valence-electron chi connectivity index (χ3n) is 5.94. The highest BCUT2D eigenvalue weighted by Crippen LogP contribution is 2.32. The number of aromatic nitrogens is 2. The van der Waals surface area contributed by atoms with E-state index in [-0.39, 0.29) is 0 Å². The number of benzene rings is 2. The lowest BCUT2D eigenvalue weighted by atomic mass is 10.1. The first-order valence-electron chi connectivity index (χ1n) is 11.1. The summed E-state index contributed by atoms with van der Waals surface area (Å²) in [7, 11) is 0. The van der Waals surface area contributed by atoms with Gasteiger partial charge in [0.15, 0.2) is 0 Å². The Bertz CT molecular complexity index is 1130. The molecule has 3 heterocycles. The van der Waals surface area contributed by atoms with Gasteiger partial charge in [-0.2, -0.15) is 0 Å². The van der Waals surface area contributed by atoms with Crippen molar-refractivity contribution >= 4 is 27.4 Å². The zero-order valence-corrected chi connectivity index (χ0v) is 18.8. The molecule has 1 fully saturated rings. The number of nitrogens with zero attached hydrogens (tertiary/aromatic N) is 4. The molecule has 5 heteroatoms. The van der Waals surface area contributed by atoms with E-state index < -0.39 is 0 Å². The summed E-state index contributed by atoms with van der Waals surface area (Å²) in [5.41, 5.74) is 2.64. The predicted octanol–water partition coefficient (Wildman–Crippen LogP) is 5.17. The average molecular weight is 429 g/mol. The molecule has 0 amide bonds. The minimum absolute atomic E-state index is 0.775. The maximum absolute atomic E-state index is 5.08. The van der Waals surface area contributed by atoms with Gasteiger partial charge in [-0.15, -0.1) is 11.3 Å². The van der Waals surface area contributed by atoms with Crippen LogP contribution in [0.1, 0.15) is 28.8 Å². The van der Waals surface area contributed by atoms with Gasteiger partial charge >= 0.3 is 0 Å². The van der Waals surface area contributed by atoms with E-state index in [2.05, 4.69) is 83.5 Å². The highest BCUT2D eigenvalue weighted by Gasteiger charge is 2.22. The van der Waals surface area contributed by atoms with Crippen LogP contribution in [0.15, 0.2) is 66.7 Å². The van der Waals surface area contributed by atoms with Gasteiger partial charge in [0.1, 0.15) is 16.5 Å². The summed E-state index contributed by atoms with van der Waals surface area (Å²) in [5.74, 6) is 2.04. The van der Waals surface area contributed by atoms with Crippen LogP contribution in [0.25, 0.3) is 10.2 Å². The van der Waals surface area contributed by atoms with Crippen LogP contribution in [0.5, 0.6) is 0 Å². The number of hydrogen-bond donors (Lipinski definition) is 0. The summed E-state index contributed by atoms with van der Waals surface area (Å²) in [6.45, 7) is 7.34. The zero-order chi connectivity index (χ0) is 21.0. The van der Waals surface area contributed by atoms with Crippen LogP contribution < -0.4 is 4.90 Å². The number of rotatable bonds is 6. The lowest BCUT2D eigenvalue weighted by Crippen LogP contribution is -2.46. The minimum atomic E-state index is 0.775. The maximum atomic E-state index is 5.08. The van der Waals surface area contributed by atoms with Crippen LogP contribution in [0, 0.1) is 0 Å². The highest BCUT2D eigenvalue weighted by molar-refractivity contribution is 7.18. The van der Waals surface area contributed by atoms with Crippen molar-refractivity contribution in [3.8, 4) is 0 Å². The molecule has 2 aromatic carbocycles. The van der Waals surface area contributed by atoms with Crippen LogP contribution in [-0.2, 0) is 19.4 Å². The first-order chi connectivity index (χ1) is 15.3. The summed E-state index contributed by atoms with van der Waals surface area (Å²) >= 11 is 1.81. The molecule has 4 aromatic rings. The standard InChI is InChI=1S/C26H28N4S/c1-2-22-18-23-25(27-24(28-26(23)31-22)17-20-9-5-3-6-10-20)30-15-13-29(14-16-30)19-21-11-7-4-8-12-21/h3-12,18H,2,13-17,19H2,1H3. The first-order valence-corrected chi connectivity index (χ1v) is 11.9. The fourth-order valence-corrected chi connectivity index (χ4v) is 5.21. The molecule has 0 aliphatic carbocycles. The van der Waals surface area contributed by atoms with Crippen molar-refractivity contribution in [3.05, 3.63) is 88.6 Å². The van der Waals surface area contributed by atoms with Crippen LogP contribution in [0.2, 0.25) is 0 Å². The predicted molar refractivity (Wildman–Crippen MR) is 130 cm³/mol. The van der Waals surface area contributed by atoms with Crippen LogP contribution in [-0.4, -0.2) is 41.0 Å². The number of aryl methyl sites for hydroxylation is 1. The van der Waals surface area contributed by atoms with Crippen molar-refractivity contribution in [3.63, 3.8) is 0 Å². The van der Waals surface area contributed by atoms with Crippen LogP contribution in [0.3, 0.4) is 0 Å². The molecule has 0 radical (unpaired) electrons. The molecular formula is C26H28N4S. The van der Waals surface area contributed by atoms with E-state index in [1.54, 1.807) is 0 Å². The van der Waals surface area contributed by atoms with Crippen molar-refractivity contribution in [2.24, 2.45) is 0 Å². The average Bonchev–Trinajstić information content (AvgIpc) is 3.24. The van der Waals surface area contributed by atoms with E-state index in [1.165, 1.54) is 21.4 Å². The third kappa shape index (κ3) is 4.63. The van der Waals surface area contributed by atoms with E-state index in [0.717, 1.165) is 62.0 Å². The van der Waals surface area contributed by atoms with Gasteiger partial charge in [0.25, 0.3) is 0 Å². The summed E-state index contributed by atoms with van der Waals surface area (Å²) in [4.78, 5) is 17.5. The summed E-state index contributed by atoms with van der Waals surface area (Å²) in [5, 5.41) is 1.22. The molecule has 4 nitrogen and oxygen atoms in total. The van der Waals surface area contributed by atoms with Crippen molar-refractivity contribution in [1.82, 2.24) is 14.9 Å². The Morgan fingerprint density at radius 1 is 0.839 bits per heavy atom. The number of thiophene rings is 1. The van der Waals surface area contributed by atoms with E-state index in [4.69, 9.17) is 9.97 Å². The van der Waals surface area contributed by atoms with Gasteiger partial charge < -0.3 is 4.90 Å². The quantitative estimate of drug-likeness (QED) is 0.424. The lowest BCUT2D eigenvalue weighted by Gasteiger charge is -2.35. The zero-order valence-electron chi connectivity index (χ0n) is 18.0. The minimum Gasteiger partial charge on any atom is -0.353 e.